The first-order chi connectivity index (χ1) is 11.9. The number of pyridine rings is 1. The van der Waals surface area contributed by atoms with Crippen LogP contribution in [0.15, 0.2) is 54.9 Å². The lowest BCUT2D eigenvalue weighted by atomic mass is 10.1. The van der Waals surface area contributed by atoms with Gasteiger partial charge in [-0.3, -0.25) is 4.79 Å². The summed E-state index contributed by atoms with van der Waals surface area (Å²) in [5.74, 6) is -0.672. The van der Waals surface area contributed by atoms with Crippen LogP contribution in [0.5, 0.6) is 0 Å². The molecule has 4 rings (SSSR count). The van der Waals surface area contributed by atoms with E-state index in [9.17, 15) is 18.0 Å². The zero-order valence-electron chi connectivity index (χ0n) is 12.9. The van der Waals surface area contributed by atoms with Crippen LogP contribution in [0.3, 0.4) is 0 Å². The quantitative estimate of drug-likeness (QED) is 0.773. The summed E-state index contributed by atoms with van der Waals surface area (Å²) in [6.07, 6.45) is -2.14. The lowest BCUT2D eigenvalue weighted by molar-refractivity contribution is -0.144. The number of aromatic nitrogens is 2. The van der Waals surface area contributed by atoms with Gasteiger partial charge < -0.3 is 14.6 Å². The number of fused-ring (bicyclic) bond motifs is 2. The fourth-order valence-electron chi connectivity index (χ4n) is 2.97. The highest BCUT2D eigenvalue weighted by Gasteiger charge is 2.41. The van der Waals surface area contributed by atoms with Crippen molar-refractivity contribution in [2.75, 3.05) is 11.9 Å². The Hall–Kier alpha value is -3.03. The van der Waals surface area contributed by atoms with E-state index in [4.69, 9.17) is 0 Å². The Labute approximate surface area is 140 Å². The summed E-state index contributed by atoms with van der Waals surface area (Å²) in [6.45, 7) is -1.36. The van der Waals surface area contributed by atoms with Crippen LogP contribution in [0, 0.1) is 0 Å². The Kier molecular flexibility index (Phi) is 3.41. The summed E-state index contributed by atoms with van der Waals surface area (Å²) in [4.78, 5) is 17.8. The maximum atomic E-state index is 13.0. The summed E-state index contributed by atoms with van der Waals surface area (Å²) in [5.41, 5.74) is 1.65. The molecular weight excluding hydrogens is 333 g/mol. The number of alkyl halides is 3. The first-order valence-corrected chi connectivity index (χ1v) is 7.59. The van der Waals surface area contributed by atoms with Gasteiger partial charge in [-0.25, -0.2) is 4.98 Å². The van der Waals surface area contributed by atoms with Gasteiger partial charge in [0.05, 0.1) is 5.56 Å². The van der Waals surface area contributed by atoms with E-state index in [0.717, 1.165) is 4.90 Å². The van der Waals surface area contributed by atoms with Crippen molar-refractivity contribution in [3.8, 4) is 0 Å². The molecule has 0 fully saturated rings. The van der Waals surface area contributed by atoms with E-state index in [-0.39, 0.29) is 5.56 Å². The fraction of sp³-hybridized carbons (Fsp3) is 0.176. The third-order valence-corrected chi connectivity index (χ3v) is 4.03. The molecule has 0 bridgehead atoms. The van der Waals surface area contributed by atoms with Crippen molar-refractivity contribution in [2.45, 2.75) is 12.3 Å². The van der Waals surface area contributed by atoms with E-state index in [2.05, 4.69) is 10.3 Å². The number of hydrogen-bond acceptors (Lipinski definition) is 3. The number of rotatable bonds is 2. The highest BCUT2D eigenvalue weighted by Crippen LogP contribution is 2.34. The van der Waals surface area contributed by atoms with Crippen molar-refractivity contribution < 1.29 is 18.0 Å². The third kappa shape index (κ3) is 2.79. The van der Waals surface area contributed by atoms with Crippen molar-refractivity contribution in [3.63, 3.8) is 0 Å². The van der Waals surface area contributed by atoms with Crippen LogP contribution in [0.25, 0.3) is 5.65 Å². The Bertz CT molecular complexity index is 917. The van der Waals surface area contributed by atoms with Gasteiger partial charge in [-0.15, -0.1) is 0 Å². The third-order valence-electron chi connectivity index (χ3n) is 4.03. The standard InChI is InChI=1S/C17H13F3N4O/c18-17(19,20)10-24-15(13-9-23-8-4-3-7-14(23)21-13)22-12-6-2-1-5-11(12)16(24)25/h1-9,15,22H,10H2/t15-/m0/s1. The zero-order valence-corrected chi connectivity index (χ0v) is 12.9. The number of hydrogen-bond donors (Lipinski definition) is 1. The Morgan fingerprint density at radius 3 is 2.64 bits per heavy atom. The number of carbonyl (C=O) groups excluding carboxylic acids is 1. The molecule has 25 heavy (non-hydrogen) atoms. The Balaban J connectivity index is 1.81. The first kappa shape index (κ1) is 15.5. The molecular formula is C17H13F3N4O. The van der Waals surface area contributed by atoms with Gasteiger partial charge in [0.2, 0.25) is 0 Å². The number of anilines is 1. The molecule has 0 saturated carbocycles. The Morgan fingerprint density at radius 1 is 1.12 bits per heavy atom. The van der Waals surface area contributed by atoms with E-state index in [0.29, 0.717) is 17.0 Å². The van der Waals surface area contributed by atoms with Crippen LogP contribution < -0.4 is 5.32 Å². The van der Waals surface area contributed by atoms with Crippen LogP contribution >= 0.6 is 0 Å². The van der Waals surface area contributed by atoms with Crippen LogP contribution in [0.4, 0.5) is 18.9 Å². The highest BCUT2D eigenvalue weighted by molar-refractivity contribution is 6.01. The topological polar surface area (TPSA) is 49.6 Å². The van der Waals surface area contributed by atoms with Crippen LogP contribution in [0.1, 0.15) is 22.2 Å². The number of amides is 1. The van der Waals surface area contributed by atoms with Crippen molar-refractivity contribution in [3.05, 3.63) is 66.1 Å². The van der Waals surface area contributed by atoms with Crippen LogP contribution in [-0.2, 0) is 0 Å². The molecule has 2 aromatic heterocycles. The lowest BCUT2D eigenvalue weighted by Crippen LogP contribution is -2.47. The summed E-state index contributed by atoms with van der Waals surface area (Å²) in [6, 6.07) is 11.8. The van der Waals surface area contributed by atoms with E-state index in [1.54, 1.807) is 53.2 Å². The molecule has 1 aliphatic heterocycles. The van der Waals surface area contributed by atoms with Crippen molar-refractivity contribution in [2.24, 2.45) is 0 Å². The average Bonchev–Trinajstić information content (AvgIpc) is 3.00. The molecule has 1 atom stereocenters. The minimum absolute atomic E-state index is 0.215. The molecule has 5 nitrogen and oxygen atoms in total. The fourth-order valence-corrected chi connectivity index (χ4v) is 2.97. The van der Waals surface area contributed by atoms with E-state index in [1.807, 2.05) is 0 Å². The number of nitrogens with one attached hydrogen (secondary N) is 1. The minimum atomic E-state index is -4.51. The van der Waals surface area contributed by atoms with Gasteiger partial charge in [-0.2, -0.15) is 13.2 Å². The van der Waals surface area contributed by atoms with Crippen LogP contribution in [0.2, 0.25) is 0 Å². The van der Waals surface area contributed by atoms with Gasteiger partial charge in [-0.1, -0.05) is 18.2 Å². The second-order valence-corrected chi connectivity index (χ2v) is 5.77. The van der Waals surface area contributed by atoms with E-state index >= 15 is 0 Å². The first-order valence-electron chi connectivity index (χ1n) is 7.59. The predicted molar refractivity (Wildman–Crippen MR) is 85.1 cm³/mol. The molecule has 1 aliphatic rings. The number of para-hydroxylation sites is 1. The summed E-state index contributed by atoms with van der Waals surface area (Å²) in [7, 11) is 0. The van der Waals surface area contributed by atoms with Gasteiger partial charge in [0, 0.05) is 18.1 Å². The molecule has 1 N–H and O–H groups in total. The second kappa shape index (κ2) is 5.51. The smallest absolute Gasteiger partial charge is 0.359 e. The summed E-state index contributed by atoms with van der Waals surface area (Å²) < 4.78 is 40.8. The molecule has 0 radical (unpaired) electrons. The molecule has 3 heterocycles. The van der Waals surface area contributed by atoms with E-state index in [1.165, 1.54) is 6.07 Å². The number of benzene rings is 1. The van der Waals surface area contributed by atoms with Gasteiger partial charge in [0.15, 0.2) is 0 Å². The van der Waals surface area contributed by atoms with Gasteiger partial charge in [0.25, 0.3) is 5.91 Å². The number of halogens is 3. The molecule has 8 heteroatoms. The van der Waals surface area contributed by atoms with E-state index < -0.39 is 24.8 Å². The normalized spacial score (nSPS) is 17.5. The maximum Gasteiger partial charge on any atom is 0.406 e. The van der Waals surface area contributed by atoms with Crippen molar-refractivity contribution >= 4 is 17.2 Å². The summed E-state index contributed by atoms with van der Waals surface area (Å²) >= 11 is 0. The van der Waals surface area contributed by atoms with Crippen molar-refractivity contribution in [1.29, 1.82) is 0 Å². The number of nitrogens with zero attached hydrogens (tertiary/aromatic N) is 3. The zero-order chi connectivity index (χ0) is 17.6. The molecule has 0 unspecified atom stereocenters. The molecule has 1 aromatic carbocycles. The average molecular weight is 346 g/mol. The monoisotopic (exact) mass is 346 g/mol. The highest BCUT2D eigenvalue weighted by atomic mass is 19.4. The predicted octanol–water partition coefficient (Wildman–Crippen LogP) is 3.46. The molecule has 0 aliphatic carbocycles. The van der Waals surface area contributed by atoms with Crippen molar-refractivity contribution in [1.82, 2.24) is 14.3 Å². The number of imidazole rings is 1. The second-order valence-electron chi connectivity index (χ2n) is 5.77. The minimum Gasteiger partial charge on any atom is -0.359 e. The van der Waals surface area contributed by atoms with Gasteiger partial charge in [0.1, 0.15) is 24.1 Å². The molecule has 128 valence electrons. The SMILES string of the molecule is O=C1c2ccccc2N[C@H](c2cn3ccccc3n2)N1CC(F)(F)F. The lowest BCUT2D eigenvalue weighted by Gasteiger charge is -2.37. The van der Waals surface area contributed by atoms with Gasteiger partial charge in [-0.05, 0) is 24.3 Å². The summed E-state index contributed by atoms with van der Waals surface area (Å²) in [5, 5.41) is 3.01. The maximum absolute atomic E-state index is 13.0. The Morgan fingerprint density at radius 2 is 1.88 bits per heavy atom. The number of carbonyl (C=O) groups is 1. The molecule has 1 amide bonds. The van der Waals surface area contributed by atoms with Gasteiger partial charge >= 0.3 is 6.18 Å². The largest absolute Gasteiger partial charge is 0.406 e. The molecule has 0 spiro atoms. The molecule has 3 aromatic rings. The van der Waals surface area contributed by atoms with Crippen LogP contribution in [-0.4, -0.2) is 32.9 Å². The molecule has 0 saturated heterocycles.